The van der Waals surface area contributed by atoms with Crippen molar-refractivity contribution in [3.05, 3.63) is 72.1 Å². The van der Waals surface area contributed by atoms with Crippen LogP contribution in [-0.4, -0.2) is 33.1 Å². The van der Waals surface area contributed by atoms with Gasteiger partial charge in [-0.1, -0.05) is 43.3 Å². The van der Waals surface area contributed by atoms with Crippen molar-refractivity contribution in [2.24, 2.45) is 5.92 Å². The number of pyridine rings is 1. The molecule has 2 aromatic heterocycles. The highest BCUT2D eigenvalue weighted by molar-refractivity contribution is 5.54. The van der Waals surface area contributed by atoms with Crippen LogP contribution in [0.2, 0.25) is 0 Å². The quantitative estimate of drug-likeness (QED) is 0.730. The van der Waals surface area contributed by atoms with E-state index in [2.05, 4.69) is 27.9 Å². The summed E-state index contributed by atoms with van der Waals surface area (Å²) in [6.07, 6.45) is 4.12. The third kappa shape index (κ3) is 4.04. The molecule has 0 amide bonds. The fourth-order valence-corrected chi connectivity index (χ4v) is 3.80. The Morgan fingerprint density at radius 2 is 1.79 bits per heavy atom. The van der Waals surface area contributed by atoms with E-state index < -0.39 is 6.10 Å². The Morgan fingerprint density at radius 1 is 1.04 bits per heavy atom. The van der Waals surface area contributed by atoms with Crippen LogP contribution in [0.1, 0.15) is 37.1 Å². The molecule has 1 aliphatic rings. The van der Waals surface area contributed by atoms with E-state index in [-0.39, 0.29) is 5.92 Å². The number of anilines is 1. The zero-order valence-corrected chi connectivity index (χ0v) is 16.2. The van der Waals surface area contributed by atoms with Gasteiger partial charge >= 0.3 is 0 Å². The minimum Gasteiger partial charge on any atom is -0.388 e. The van der Waals surface area contributed by atoms with Gasteiger partial charge in [-0.3, -0.25) is 4.98 Å². The van der Waals surface area contributed by atoms with Gasteiger partial charge in [-0.05, 0) is 42.9 Å². The molecular weight excluding hydrogens is 348 g/mol. The standard InChI is InChI=1S/C23H26N4O/c1-2-19-16-21(26-23(25-19)20-10-6-7-13-24-20)27-14-11-18(12-15-27)22(28)17-8-4-3-5-9-17/h3-10,13,16,18,22,28H,2,11-12,14-15H2,1H3. The summed E-state index contributed by atoms with van der Waals surface area (Å²) in [4.78, 5) is 16.2. The van der Waals surface area contributed by atoms with Crippen LogP contribution in [0.25, 0.3) is 11.5 Å². The number of aliphatic hydroxyl groups excluding tert-OH is 1. The van der Waals surface area contributed by atoms with E-state index in [0.29, 0.717) is 5.82 Å². The molecule has 1 unspecified atom stereocenters. The highest BCUT2D eigenvalue weighted by atomic mass is 16.3. The van der Waals surface area contributed by atoms with Crippen molar-refractivity contribution < 1.29 is 5.11 Å². The second kappa shape index (κ2) is 8.48. The minimum absolute atomic E-state index is 0.279. The third-order valence-corrected chi connectivity index (χ3v) is 5.47. The maximum atomic E-state index is 10.7. The third-order valence-electron chi connectivity index (χ3n) is 5.47. The van der Waals surface area contributed by atoms with E-state index in [1.54, 1.807) is 6.20 Å². The summed E-state index contributed by atoms with van der Waals surface area (Å²) in [6.45, 7) is 3.88. The predicted octanol–water partition coefficient (Wildman–Crippen LogP) is 4.05. The summed E-state index contributed by atoms with van der Waals surface area (Å²) in [5, 5.41) is 10.7. The lowest BCUT2D eigenvalue weighted by molar-refractivity contribution is 0.0929. The topological polar surface area (TPSA) is 62.1 Å². The molecule has 1 saturated heterocycles. The average molecular weight is 374 g/mol. The van der Waals surface area contributed by atoms with Crippen molar-refractivity contribution in [2.75, 3.05) is 18.0 Å². The van der Waals surface area contributed by atoms with E-state index in [0.717, 1.165) is 55.1 Å². The van der Waals surface area contributed by atoms with Gasteiger partial charge in [-0.15, -0.1) is 0 Å². The van der Waals surface area contributed by atoms with Crippen molar-refractivity contribution in [3.8, 4) is 11.5 Å². The lowest BCUT2D eigenvalue weighted by Crippen LogP contribution is -2.36. The van der Waals surface area contributed by atoms with Crippen LogP contribution in [0, 0.1) is 5.92 Å². The number of aromatic nitrogens is 3. The lowest BCUT2D eigenvalue weighted by Gasteiger charge is -2.35. The molecule has 144 valence electrons. The molecule has 0 saturated carbocycles. The van der Waals surface area contributed by atoms with Gasteiger partial charge < -0.3 is 10.0 Å². The zero-order valence-electron chi connectivity index (χ0n) is 16.2. The molecule has 0 spiro atoms. The number of aryl methyl sites for hydroxylation is 1. The van der Waals surface area contributed by atoms with Crippen molar-refractivity contribution in [1.29, 1.82) is 0 Å². The second-order valence-corrected chi connectivity index (χ2v) is 7.29. The molecule has 0 aliphatic carbocycles. The Labute approximate surface area is 166 Å². The molecule has 4 rings (SSSR count). The van der Waals surface area contributed by atoms with Crippen molar-refractivity contribution in [2.45, 2.75) is 32.3 Å². The Hall–Kier alpha value is -2.79. The molecule has 0 bridgehead atoms. The summed E-state index contributed by atoms with van der Waals surface area (Å²) in [5.41, 5.74) is 2.83. The van der Waals surface area contributed by atoms with Crippen LogP contribution in [0.5, 0.6) is 0 Å². The fraction of sp³-hybridized carbons (Fsp3) is 0.348. The second-order valence-electron chi connectivity index (χ2n) is 7.29. The van der Waals surface area contributed by atoms with Crippen LogP contribution in [-0.2, 0) is 6.42 Å². The Kier molecular flexibility index (Phi) is 5.63. The summed E-state index contributed by atoms with van der Waals surface area (Å²) in [6, 6.07) is 17.9. The number of benzene rings is 1. The van der Waals surface area contributed by atoms with E-state index in [1.807, 2.05) is 48.5 Å². The van der Waals surface area contributed by atoms with E-state index in [9.17, 15) is 5.11 Å². The van der Waals surface area contributed by atoms with Gasteiger partial charge in [0.25, 0.3) is 0 Å². The van der Waals surface area contributed by atoms with E-state index in [1.165, 1.54) is 0 Å². The Morgan fingerprint density at radius 3 is 2.46 bits per heavy atom. The maximum absolute atomic E-state index is 10.7. The van der Waals surface area contributed by atoms with Gasteiger partial charge in [-0.25, -0.2) is 9.97 Å². The smallest absolute Gasteiger partial charge is 0.180 e. The molecule has 1 fully saturated rings. The molecule has 0 radical (unpaired) electrons. The number of hydrogen-bond acceptors (Lipinski definition) is 5. The first-order valence-electron chi connectivity index (χ1n) is 10.0. The molecule has 5 heteroatoms. The number of nitrogens with zero attached hydrogens (tertiary/aromatic N) is 4. The monoisotopic (exact) mass is 374 g/mol. The summed E-state index contributed by atoms with van der Waals surface area (Å²) in [5.74, 6) is 1.92. The van der Waals surface area contributed by atoms with Crippen molar-refractivity contribution in [1.82, 2.24) is 15.0 Å². The lowest BCUT2D eigenvalue weighted by atomic mass is 9.87. The predicted molar refractivity (Wildman–Crippen MR) is 111 cm³/mol. The fourth-order valence-electron chi connectivity index (χ4n) is 3.80. The molecule has 28 heavy (non-hydrogen) atoms. The molecule has 3 heterocycles. The highest BCUT2D eigenvalue weighted by Gasteiger charge is 2.27. The minimum atomic E-state index is -0.399. The zero-order chi connectivity index (χ0) is 19.3. The number of rotatable bonds is 5. The van der Waals surface area contributed by atoms with E-state index in [4.69, 9.17) is 4.98 Å². The van der Waals surface area contributed by atoms with Crippen LogP contribution < -0.4 is 4.90 Å². The van der Waals surface area contributed by atoms with Crippen LogP contribution in [0.3, 0.4) is 0 Å². The van der Waals surface area contributed by atoms with Crippen LogP contribution in [0.4, 0.5) is 5.82 Å². The Bertz CT molecular complexity index is 893. The van der Waals surface area contributed by atoms with Crippen molar-refractivity contribution >= 4 is 5.82 Å². The molecule has 5 nitrogen and oxygen atoms in total. The number of aliphatic hydroxyl groups is 1. The van der Waals surface area contributed by atoms with Crippen LogP contribution in [0.15, 0.2) is 60.8 Å². The number of piperidine rings is 1. The van der Waals surface area contributed by atoms with Gasteiger partial charge in [0.05, 0.1) is 6.10 Å². The largest absolute Gasteiger partial charge is 0.388 e. The maximum Gasteiger partial charge on any atom is 0.180 e. The molecule has 1 aliphatic heterocycles. The van der Waals surface area contributed by atoms with Gasteiger partial charge in [0.1, 0.15) is 11.5 Å². The summed E-state index contributed by atoms with van der Waals surface area (Å²) >= 11 is 0. The number of hydrogen-bond donors (Lipinski definition) is 1. The van der Waals surface area contributed by atoms with Gasteiger partial charge in [0, 0.05) is 31.0 Å². The van der Waals surface area contributed by atoms with E-state index >= 15 is 0 Å². The first-order chi connectivity index (χ1) is 13.7. The molecule has 1 atom stereocenters. The molecule has 1 aromatic carbocycles. The normalized spacial score (nSPS) is 16.1. The average Bonchev–Trinajstić information content (AvgIpc) is 2.79. The van der Waals surface area contributed by atoms with Gasteiger partial charge in [-0.2, -0.15) is 0 Å². The van der Waals surface area contributed by atoms with Crippen LogP contribution >= 0.6 is 0 Å². The van der Waals surface area contributed by atoms with Gasteiger partial charge in [0.15, 0.2) is 5.82 Å². The summed E-state index contributed by atoms with van der Waals surface area (Å²) in [7, 11) is 0. The first-order valence-corrected chi connectivity index (χ1v) is 10.0. The summed E-state index contributed by atoms with van der Waals surface area (Å²) < 4.78 is 0. The molecular formula is C23H26N4O. The highest BCUT2D eigenvalue weighted by Crippen LogP contribution is 2.32. The SMILES string of the molecule is CCc1cc(N2CCC(C(O)c3ccccc3)CC2)nc(-c2ccccn2)n1. The van der Waals surface area contributed by atoms with Gasteiger partial charge in [0.2, 0.25) is 0 Å². The first kappa shape index (κ1) is 18.6. The Balaban J connectivity index is 1.50. The molecule has 1 N–H and O–H groups in total. The molecule has 3 aromatic rings. The van der Waals surface area contributed by atoms with Crippen molar-refractivity contribution in [3.63, 3.8) is 0 Å².